The number of benzene rings is 1. The first kappa shape index (κ1) is 24.6. The Kier molecular flexibility index (Phi) is 5.65. The summed E-state index contributed by atoms with van der Waals surface area (Å²) in [6, 6.07) is 0.511. The lowest BCUT2D eigenvalue weighted by Gasteiger charge is -2.50. The molecule has 1 aromatic carbocycles. The van der Waals surface area contributed by atoms with E-state index in [1.54, 1.807) is 20.2 Å². The number of rotatable bonds is 4. The molecule has 0 heterocycles. The molecule has 0 bridgehead atoms. The number of fused-ring (bicyclic) bond motifs is 3. The molecule has 3 aliphatic rings. The summed E-state index contributed by atoms with van der Waals surface area (Å²) in [5, 5.41) is 44.4. The molecule has 6 N–H and O–H groups in total. The fraction of sp³-hybridized carbons (Fsp3) is 0.440. The molecule has 0 fully saturated rings. The van der Waals surface area contributed by atoms with Crippen LogP contribution in [0.5, 0.6) is 5.75 Å². The summed E-state index contributed by atoms with van der Waals surface area (Å²) in [5.74, 6) is -7.59. The highest BCUT2D eigenvalue weighted by molar-refractivity contribution is 6.25. The summed E-state index contributed by atoms with van der Waals surface area (Å²) >= 11 is 0. The molecule has 186 valence electrons. The van der Waals surface area contributed by atoms with E-state index in [-0.39, 0.29) is 29.5 Å². The molecule has 10 heteroatoms. The number of phenolic OH excluding ortho intramolecular Hbond substituents is 1. The molecule has 0 radical (unpaired) electrons. The van der Waals surface area contributed by atoms with Crippen molar-refractivity contribution in [1.82, 2.24) is 4.90 Å². The van der Waals surface area contributed by atoms with Crippen LogP contribution < -0.4 is 5.73 Å². The Morgan fingerprint density at radius 3 is 2.34 bits per heavy atom. The van der Waals surface area contributed by atoms with Crippen molar-refractivity contribution in [3.05, 3.63) is 51.0 Å². The largest absolute Gasteiger partial charge is 0.510 e. The Bertz CT molecular complexity index is 1270. The standard InChI is InChI=1S/C25H28N2O8/c1-5-10-6-12(9(2)28)19(29)16-13(10)7-11-8-14-18(27(3)4)21(31)17(24(26)34)23(33)25(14,35)22(32)15(11)20(16)30/h6,11,14,18,29,31-32,35H,5,7-8H2,1-4H3,(H2,26,34)/t11-,14-,18-,25-/m0/s1. The number of aromatic hydroxyl groups is 1. The molecular formula is C25H28N2O8. The van der Waals surface area contributed by atoms with Crippen molar-refractivity contribution in [2.45, 2.75) is 44.8 Å². The van der Waals surface area contributed by atoms with Gasteiger partial charge in [0.2, 0.25) is 5.78 Å². The van der Waals surface area contributed by atoms with E-state index >= 15 is 0 Å². The average Bonchev–Trinajstić information content (AvgIpc) is 2.75. The average molecular weight is 485 g/mol. The zero-order valence-corrected chi connectivity index (χ0v) is 19.9. The number of hydrogen-bond acceptors (Lipinski definition) is 9. The second-order valence-corrected chi connectivity index (χ2v) is 9.66. The van der Waals surface area contributed by atoms with E-state index < -0.39 is 69.6 Å². The van der Waals surface area contributed by atoms with Gasteiger partial charge in [-0.25, -0.2) is 0 Å². The molecule has 1 amide bonds. The number of primary amides is 1. The van der Waals surface area contributed by atoms with E-state index in [0.29, 0.717) is 17.5 Å². The minimum Gasteiger partial charge on any atom is -0.510 e. The number of phenols is 1. The highest BCUT2D eigenvalue weighted by Crippen LogP contribution is 2.52. The predicted molar refractivity (Wildman–Crippen MR) is 123 cm³/mol. The van der Waals surface area contributed by atoms with Crippen LogP contribution in [-0.2, 0) is 22.4 Å². The fourth-order valence-corrected chi connectivity index (χ4v) is 5.98. The first-order chi connectivity index (χ1) is 16.3. The highest BCUT2D eigenvalue weighted by Gasteiger charge is 2.63. The van der Waals surface area contributed by atoms with Crippen molar-refractivity contribution >= 4 is 23.3 Å². The number of carbonyl (C=O) groups excluding carboxylic acids is 4. The minimum absolute atomic E-state index is 0.0180. The maximum atomic E-state index is 13.7. The molecule has 35 heavy (non-hydrogen) atoms. The van der Waals surface area contributed by atoms with E-state index in [1.165, 1.54) is 11.8 Å². The van der Waals surface area contributed by atoms with Crippen molar-refractivity contribution in [2.75, 3.05) is 14.1 Å². The fourth-order valence-electron chi connectivity index (χ4n) is 5.98. The number of carbonyl (C=O) groups is 4. The number of nitrogens with zero attached hydrogens (tertiary/aromatic N) is 1. The maximum Gasteiger partial charge on any atom is 0.255 e. The molecule has 0 saturated carbocycles. The molecule has 10 nitrogen and oxygen atoms in total. The third kappa shape index (κ3) is 3.16. The second-order valence-electron chi connectivity index (χ2n) is 9.66. The minimum atomic E-state index is -2.69. The van der Waals surface area contributed by atoms with Gasteiger partial charge in [0.15, 0.2) is 17.2 Å². The summed E-state index contributed by atoms with van der Waals surface area (Å²) in [6.07, 6.45) is 0.694. The topological polar surface area (TPSA) is 178 Å². The lowest BCUT2D eigenvalue weighted by atomic mass is 9.58. The molecule has 0 unspecified atom stereocenters. The van der Waals surface area contributed by atoms with Crippen LogP contribution in [0.2, 0.25) is 0 Å². The van der Waals surface area contributed by atoms with Gasteiger partial charge >= 0.3 is 0 Å². The van der Waals surface area contributed by atoms with Crippen molar-refractivity contribution in [3.8, 4) is 5.75 Å². The summed E-state index contributed by atoms with van der Waals surface area (Å²) in [5.41, 5.74) is 2.58. The monoisotopic (exact) mass is 484 g/mol. The summed E-state index contributed by atoms with van der Waals surface area (Å²) in [4.78, 5) is 52.5. The van der Waals surface area contributed by atoms with E-state index in [1.807, 2.05) is 6.92 Å². The smallest absolute Gasteiger partial charge is 0.255 e. The third-order valence-electron chi connectivity index (χ3n) is 7.58. The van der Waals surface area contributed by atoms with Crippen molar-refractivity contribution in [2.24, 2.45) is 17.6 Å². The number of aryl methyl sites for hydroxylation is 1. The third-order valence-corrected chi connectivity index (χ3v) is 7.58. The van der Waals surface area contributed by atoms with Crippen molar-refractivity contribution < 1.29 is 39.6 Å². The van der Waals surface area contributed by atoms with Crippen LogP contribution >= 0.6 is 0 Å². The zero-order chi connectivity index (χ0) is 26.1. The van der Waals surface area contributed by atoms with Crippen LogP contribution in [0.15, 0.2) is 28.7 Å². The van der Waals surface area contributed by atoms with Crippen LogP contribution in [-0.4, -0.2) is 74.3 Å². The van der Waals surface area contributed by atoms with E-state index in [2.05, 4.69) is 0 Å². The number of Topliss-reactive ketones (excluding diaryl/α,β-unsaturated/α-hetero) is 3. The van der Waals surface area contributed by atoms with Gasteiger partial charge in [0.25, 0.3) is 5.91 Å². The van der Waals surface area contributed by atoms with Gasteiger partial charge in [-0.15, -0.1) is 0 Å². The molecule has 3 aliphatic carbocycles. The molecule has 4 atom stereocenters. The number of aliphatic hydroxyl groups is 3. The van der Waals surface area contributed by atoms with Crippen LogP contribution in [0, 0.1) is 11.8 Å². The number of amides is 1. The van der Waals surface area contributed by atoms with Gasteiger partial charge in [-0.1, -0.05) is 6.92 Å². The number of allylic oxidation sites excluding steroid dienone is 1. The Morgan fingerprint density at radius 1 is 1.20 bits per heavy atom. The van der Waals surface area contributed by atoms with E-state index in [9.17, 15) is 39.6 Å². The van der Waals surface area contributed by atoms with E-state index in [0.717, 1.165) is 0 Å². The number of nitrogens with two attached hydrogens (primary N) is 1. The predicted octanol–water partition coefficient (Wildman–Crippen LogP) is 0.886. The van der Waals surface area contributed by atoms with Gasteiger partial charge in [-0.05, 0) is 63.4 Å². The first-order valence-corrected chi connectivity index (χ1v) is 11.3. The van der Waals surface area contributed by atoms with Gasteiger partial charge in [0.05, 0.1) is 17.2 Å². The quantitative estimate of drug-likeness (QED) is 0.306. The molecule has 1 aromatic rings. The van der Waals surface area contributed by atoms with Crippen LogP contribution in [0.1, 0.15) is 52.1 Å². The Labute approximate surface area is 201 Å². The molecule has 4 rings (SSSR count). The number of hydrogen-bond donors (Lipinski definition) is 5. The van der Waals surface area contributed by atoms with Gasteiger partial charge in [-0.3, -0.25) is 24.1 Å². The SMILES string of the molecule is CCc1cc(C(C)=O)c(O)c2c1C[C@H]1C[C@H]3[C@H](N(C)C)C(O)=C(C(N)=O)C(=O)[C@@]3(O)C(O)=C1C2=O. The van der Waals surface area contributed by atoms with Crippen molar-refractivity contribution in [1.29, 1.82) is 0 Å². The zero-order valence-electron chi connectivity index (χ0n) is 19.9. The summed E-state index contributed by atoms with van der Waals surface area (Å²) in [6.45, 7) is 3.10. The molecule has 0 spiro atoms. The van der Waals surface area contributed by atoms with E-state index in [4.69, 9.17) is 5.73 Å². The van der Waals surface area contributed by atoms with Crippen molar-refractivity contribution in [3.63, 3.8) is 0 Å². The van der Waals surface area contributed by atoms with Gasteiger partial charge in [-0.2, -0.15) is 0 Å². The lowest BCUT2D eigenvalue weighted by molar-refractivity contribution is -0.148. The van der Waals surface area contributed by atoms with Crippen LogP contribution in [0.3, 0.4) is 0 Å². The second kappa shape index (κ2) is 8.03. The summed E-state index contributed by atoms with van der Waals surface area (Å²) < 4.78 is 0. The normalized spacial score (nSPS) is 28.1. The molecule has 0 saturated heterocycles. The number of likely N-dealkylation sites (N-methyl/N-ethyl adjacent to an activating group) is 1. The number of aliphatic hydroxyl groups excluding tert-OH is 2. The Balaban J connectivity index is 2.00. The maximum absolute atomic E-state index is 13.7. The lowest BCUT2D eigenvalue weighted by Crippen LogP contribution is -2.63. The Hall–Kier alpha value is -3.50. The van der Waals surface area contributed by atoms with Gasteiger partial charge in [0.1, 0.15) is 22.8 Å². The highest BCUT2D eigenvalue weighted by atomic mass is 16.3. The molecule has 0 aliphatic heterocycles. The molecule has 0 aromatic heterocycles. The van der Waals surface area contributed by atoms with Gasteiger partial charge < -0.3 is 26.2 Å². The van der Waals surface area contributed by atoms with Gasteiger partial charge in [0, 0.05) is 11.5 Å². The number of ketones is 3. The first-order valence-electron chi connectivity index (χ1n) is 11.3. The van der Waals surface area contributed by atoms with Crippen LogP contribution in [0.25, 0.3) is 0 Å². The Morgan fingerprint density at radius 2 is 1.83 bits per heavy atom. The summed E-state index contributed by atoms with van der Waals surface area (Å²) in [7, 11) is 3.15. The van der Waals surface area contributed by atoms with Crippen LogP contribution in [0.4, 0.5) is 0 Å². The molecular weight excluding hydrogens is 456 g/mol.